The third-order valence-electron chi connectivity index (χ3n) is 6.38. The molecule has 1 aliphatic rings. The van der Waals surface area contributed by atoms with Crippen molar-refractivity contribution in [1.29, 1.82) is 0 Å². The van der Waals surface area contributed by atoms with Crippen LogP contribution in [0, 0.1) is 12.3 Å². The van der Waals surface area contributed by atoms with Gasteiger partial charge in [-0.3, -0.25) is 4.79 Å². The molecule has 0 unspecified atom stereocenters. The number of carboxylic acid groups (broad SMARTS) is 1. The fraction of sp³-hybridized carbons (Fsp3) is 0.517. The van der Waals surface area contributed by atoms with Crippen molar-refractivity contribution in [2.24, 2.45) is 5.41 Å². The van der Waals surface area contributed by atoms with E-state index in [0.29, 0.717) is 12.3 Å². The Morgan fingerprint density at radius 3 is 2.08 bits per heavy atom. The predicted molar refractivity (Wildman–Crippen MR) is 140 cm³/mol. The molecule has 0 heterocycles. The summed E-state index contributed by atoms with van der Waals surface area (Å²) in [6.07, 6.45) is 3.81. The maximum Gasteiger partial charge on any atom is 0.573 e. The van der Waals surface area contributed by atoms with E-state index in [1.54, 1.807) is 26.0 Å². The van der Waals surface area contributed by atoms with Crippen LogP contribution in [0.15, 0.2) is 48.5 Å². The van der Waals surface area contributed by atoms with Crippen molar-refractivity contribution in [3.63, 3.8) is 0 Å². The summed E-state index contributed by atoms with van der Waals surface area (Å²) in [6, 6.07) is 13.6. The van der Waals surface area contributed by atoms with Gasteiger partial charge in [-0.2, -0.15) is 0 Å². The predicted octanol–water partition coefficient (Wildman–Crippen LogP) is 8.24. The van der Waals surface area contributed by atoms with Gasteiger partial charge in [0.05, 0.1) is 0 Å². The summed E-state index contributed by atoms with van der Waals surface area (Å²) >= 11 is 0. The second-order valence-electron chi connectivity index (χ2n) is 9.34. The molecule has 1 fully saturated rings. The number of amides is 1. The average Bonchev–Trinajstić information content (AvgIpc) is 2.85. The first kappa shape index (κ1) is 32.0. The third-order valence-corrected chi connectivity index (χ3v) is 6.38. The van der Waals surface area contributed by atoms with E-state index in [0.717, 1.165) is 43.2 Å². The van der Waals surface area contributed by atoms with Gasteiger partial charge in [-0.1, -0.05) is 81.5 Å². The maximum absolute atomic E-state index is 11.6. The highest BCUT2D eigenvalue weighted by Gasteiger charge is 2.35. The Hall–Kier alpha value is -3.03. The normalized spacial score (nSPS) is 14.2. The van der Waals surface area contributed by atoms with E-state index < -0.39 is 12.5 Å². The molecule has 0 atom stereocenters. The molecule has 0 spiro atoms. The standard InChI is InChI=1S/C11H20O.C10H13NO2.C8H7F3O/c1-3-7-11(10(2)12)8-5-4-6-9-11;1-2-8-4-3-5-9(6-8)7-11-10(12)13;1-6-2-4-7(5-3-6)12-8(9,10)11/h3-9H2,1-2H3;3-6,11H,2,7H2,1H3,(H,12,13);2-5H,1H3. The number of ether oxygens (including phenoxy) is 1. The number of alkyl halides is 3. The Bertz CT molecular complexity index is 947. The van der Waals surface area contributed by atoms with Crippen LogP contribution < -0.4 is 10.1 Å². The van der Waals surface area contributed by atoms with E-state index in [2.05, 4.69) is 23.9 Å². The SMILES string of the molecule is CCCC1(C(C)=O)CCCCC1.CCc1cccc(CNC(=O)O)c1.Cc1ccc(OC(F)(F)F)cc1. The van der Waals surface area contributed by atoms with Crippen LogP contribution in [0.25, 0.3) is 0 Å². The van der Waals surface area contributed by atoms with E-state index in [1.165, 1.54) is 37.0 Å². The fourth-order valence-corrected chi connectivity index (χ4v) is 4.36. The Morgan fingerprint density at radius 1 is 1.00 bits per heavy atom. The van der Waals surface area contributed by atoms with Crippen molar-refractivity contribution in [2.45, 2.75) is 92.0 Å². The molecule has 8 heteroatoms. The molecule has 206 valence electrons. The lowest BCUT2D eigenvalue weighted by Gasteiger charge is -2.34. The molecule has 1 amide bonds. The molecular weight excluding hydrogens is 483 g/mol. The quantitative estimate of drug-likeness (QED) is 0.383. The molecular formula is C29H40F3NO4. The van der Waals surface area contributed by atoms with Crippen LogP contribution in [-0.4, -0.2) is 23.3 Å². The Labute approximate surface area is 218 Å². The van der Waals surface area contributed by atoms with Crippen molar-refractivity contribution in [3.05, 3.63) is 65.2 Å². The number of Topliss-reactive ketones (excluding diaryl/α,β-unsaturated/α-hetero) is 1. The molecule has 2 N–H and O–H groups in total. The minimum Gasteiger partial charge on any atom is -0.465 e. The van der Waals surface area contributed by atoms with Gasteiger partial charge in [0, 0.05) is 12.0 Å². The van der Waals surface area contributed by atoms with Crippen molar-refractivity contribution in [2.75, 3.05) is 0 Å². The summed E-state index contributed by atoms with van der Waals surface area (Å²) in [6.45, 7) is 8.20. The number of aryl methyl sites for hydroxylation is 2. The summed E-state index contributed by atoms with van der Waals surface area (Å²) in [4.78, 5) is 21.7. The van der Waals surface area contributed by atoms with Gasteiger partial charge in [-0.25, -0.2) is 4.79 Å². The highest BCUT2D eigenvalue weighted by Crippen LogP contribution is 2.40. The number of benzene rings is 2. The number of ketones is 1. The molecule has 37 heavy (non-hydrogen) atoms. The number of nitrogens with one attached hydrogen (secondary N) is 1. The number of carbonyl (C=O) groups is 2. The van der Waals surface area contributed by atoms with Gasteiger partial charge in [0.1, 0.15) is 11.5 Å². The minimum absolute atomic E-state index is 0.0903. The topological polar surface area (TPSA) is 75.6 Å². The Kier molecular flexibility index (Phi) is 13.8. The van der Waals surface area contributed by atoms with Crippen LogP contribution in [-0.2, 0) is 17.8 Å². The lowest BCUT2D eigenvalue weighted by Crippen LogP contribution is -2.31. The minimum atomic E-state index is -4.60. The first-order valence-corrected chi connectivity index (χ1v) is 12.8. The van der Waals surface area contributed by atoms with E-state index in [4.69, 9.17) is 5.11 Å². The monoisotopic (exact) mass is 523 g/mol. The highest BCUT2D eigenvalue weighted by atomic mass is 19.4. The second kappa shape index (κ2) is 15.9. The maximum atomic E-state index is 11.6. The van der Waals surface area contributed by atoms with E-state index >= 15 is 0 Å². The van der Waals surface area contributed by atoms with Crippen LogP contribution in [0.5, 0.6) is 5.75 Å². The van der Waals surface area contributed by atoms with Crippen molar-refractivity contribution in [3.8, 4) is 5.75 Å². The van der Waals surface area contributed by atoms with E-state index in [9.17, 15) is 22.8 Å². The highest BCUT2D eigenvalue weighted by molar-refractivity contribution is 5.82. The summed E-state index contributed by atoms with van der Waals surface area (Å²) < 4.78 is 38.5. The van der Waals surface area contributed by atoms with Crippen LogP contribution in [0.1, 0.15) is 82.4 Å². The molecule has 0 aromatic heterocycles. The Morgan fingerprint density at radius 2 is 1.59 bits per heavy atom. The first-order chi connectivity index (χ1) is 17.4. The van der Waals surface area contributed by atoms with Gasteiger partial charge in [-0.15, -0.1) is 13.2 Å². The smallest absolute Gasteiger partial charge is 0.465 e. The van der Waals surface area contributed by atoms with Gasteiger partial charge >= 0.3 is 12.5 Å². The lowest BCUT2D eigenvalue weighted by atomic mass is 9.69. The summed E-state index contributed by atoms with van der Waals surface area (Å²) in [5, 5.41) is 10.7. The fourth-order valence-electron chi connectivity index (χ4n) is 4.36. The van der Waals surface area contributed by atoms with Crippen LogP contribution in [0.3, 0.4) is 0 Å². The summed E-state index contributed by atoms with van der Waals surface area (Å²) in [5.41, 5.74) is 3.21. The first-order valence-electron chi connectivity index (χ1n) is 12.8. The van der Waals surface area contributed by atoms with Crippen LogP contribution >= 0.6 is 0 Å². The molecule has 3 rings (SSSR count). The molecule has 2 aromatic carbocycles. The Balaban J connectivity index is 0.000000278. The largest absolute Gasteiger partial charge is 0.573 e. The zero-order valence-corrected chi connectivity index (χ0v) is 22.3. The number of carbonyl (C=O) groups excluding carboxylic acids is 1. The van der Waals surface area contributed by atoms with E-state index in [1.807, 2.05) is 24.3 Å². The van der Waals surface area contributed by atoms with Gasteiger partial charge in [0.2, 0.25) is 0 Å². The van der Waals surface area contributed by atoms with Gasteiger partial charge in [0.25, 0.3) is 0 Å². The van der Waals surface area contributed by atoms with Gasteiger partial charge < -0.3 is 15.2 Å². The number of rotatable bonds is 7. The third kappa shape index (κ3) is 13.2. The van der Waals surface area contributed by atoms with Gasteiger partial charge in [-0.05, 0) is 62.8 Å². The summed E-state index contributed by atoms with van der Waals surface area (Å²) in [7, 11) is 0. The van der Waals surface area contributed by atoms with Crippen molar-refractivity contribution in [1.82, 2.24) is 5.32 Å². The van der Waals surface area contributed by atoms with Gasteiger partial charge in [0.15, 0.2) is 0 Å². The zero-order chi connectivity index (χ0) is 27.9. The molecule has 1 aliphatic carbocycles. The number of hydrogen-bond acceptors (Lipinski definition) is 3. The molecule has 0 radical (unpaired) electrons. The second-order valence-corrected chi connectivity index (χ2v) is 9.34. The molecule has 0 bridgehead atoms. The molecule has 1 saturated carbocycles. The lowest BCUT2D eigenvalue weighted by molar-refractivity contribution is -0.274. The zero-order valence-electron chi connectivity index (χ0n) is 22.3. The molecule has 2 aromatic rings. The van der Waals surface area contributed by atoms with Crippen molar-refractivity contribution >= 4 is 11.9 Å². The molecule has 0 saturated heterocycles. The van der Waals surface area contributed by atoms with Crippen LogP contribution in [0.2, 0.25) is 0 Å². The van der Waals surface area contributed by atoms with E-state index in [-0.39, 0.29) is 11.2 Å². The average molecular weight is 524 g/mol. The number of hydrogen-bond donors (Lipinski definition) is 2. The van der Waals surface area contributed by atoms with Crippen LogP contribution in [0.4, 0.5) is 18.0 Å². The molecule has 0 aliphatic heterocycles. The number of halogens is 3. The molecule has 5 nitrogen and oxygen atoms in total. The summed E-state index contributed by atoms with van der Waals surface area (Å²) in [5.74, 6) is 0.247. The van der Waals surface area contributed by atoms with Crippen molar-refractivity contribution < 1.29 is 32.6 Å².